The van der Waals surface area contributed by atoms with Crippen molar-refractivity contribution in [2.45, 2.75) is 57.2 Å². The number of halogens is 1. The van der Waals surface area contributed by atoms with Gasteiger partial charge >= 0.3 is 5.97 Å². The lowest BCUT2D eigenvalue weighted by atomic mass is 9.91. The average molecular weight is 428 g/mol. The summed E-state index contributed by atoms with van der Waals surface area (Å²) in [7, 11) is 1.23. The minimum atomic E-state index is -1.32. The summed E-state index contributed by atoms with van der Waals surface area (Å²) >= 11 is 0. The van der Waals surface area contributed by atoms with Gasteiger partial charge in [0, 0.05) is 17.8 Å². The van der Waals surface area contributed by atoms with E-state index >= 15 is 0 Å². The number of aromatic nitrogens is 2. The van der Waals surface area contributed by atoms with Crippen LogP contribution in [0.3, 0.4) is 0 Å². The zero-order valence-electron chi connectivity index (χ0n) is 17.6. The molecule has 1 aliphatic heterocycles. The van der Waals surface area contributed by atoms with Gasteiger partial charge in [0.1, 0.15) is 17.1 Å². The number of anilines is 1. The van der Waals surface area contributed by atoms with E-state index in [-0.39, 0.29) is 29.9 Å². The molecule has 9 heteroatoms. The highest BCUT2D eigenvalue weighted by Gasteiger charge is 2.49. The van der Waals surface area contributed by atoms with Crippen molar-refractivity contribution in [1.29, 1.82) is 0 Å². The number of hydrogen-bond acceptors (Lipinski definition) is 5. The second-order valence-corrected chi connectivity index (χ2v) is 8.26. The zero-order valence-corrected chi connectivity index (χ0v) is 17.6. The highest BCUT2D eigenvalue weighted by atomic mass is 19.1. The lowest BCUT2D eigenvalue weighted by Gasteiger charge is -2.44. The number of hydrogen-bond donors (Lipinski definition) is 1. The Morgan fingerprint density at radius 1 is 1.19 bits per heavy atom. The monoisotopic (exact) mass is 428 g/mol. The van der Waals surface area contributed by atoms with Crippen molar-refractivity contribution in [3.63, 3.8) is 0 Å². The van der Waals surface area contributed by atoms with Crippen LogP contribution in [0.5, 0.6) is 0 Å². The molecule has 164 valence electrons. The normalized spacial score (nSPS) is 21.5. The number of carbonyl (C=O) groups is 3. The standard InChI is InChI=1S/C22H25FN4O4/c1-22(21(30)24-15-6-4-3-5-7-15)13-26-18(12-17(25-26)20(29)31-2)19(28)27(22)16-10-8-14(23)9-11-16/h8-12,15H,3-7,13H2,1-2H3,(H,24,30). The molecule has 1 N–H and O–H groups in total. The third-order valence-electron chi connectivity index (χ3n) is 6.06. The molecule has 4 rings (SSSR count). The molecule has 8 nitrogen and oxygen atoms in total. The first-order valence-corrected chi connectivity index (χ1v) is 10.4. The van der Waals surface area contributed by atoms with E-state index in [0.717, 1.165) is 32.1 Å². The Labute approximate surface area is 179 Å². The van der Waals surface area contributed by atoms with Crippen molar-refractivity contribution >= 4 is 23.5 Å². The Hall–Kier alpha value is -3.23. The van der Waals surface area contributed by atoms with Crippen LogP contribution in [0.1, 0.15) is 60.0 Å². The summed E-state index contributed by atoms with van der Waals surface area (Å²) in [5.41, 5.74) is -0.784. The highest BCUT2D eigenvalue weighted by Crippen LogP contribution is 2.33. The van der Waals surface area contributed by atoms with Crippen molar-refractivity contribution in [1.82, 2.24) is 15.1 Å². The highest BCUT2D eigenvalue weighted by molar-refractivity contribution is 6.12. The zero-order chi connectivity index (χ0) is 22.2. The number of esters is 1. The number of carbonyl (C=O) groups excluding carboxylic acids is 3. The molecule has 1 aliphatic carbocycles. The number of ether oxygens (including phenoxy) is 1. The van der Waals surface area contributed by atoms with Gasteiger partial charge in [-0.3, -0.25) is 19.2 Å². The molecule has 2 aliphatic rings. The van der Waals surface area contributed by atoms with Gasteiger partial charge in [0.25, 0.3) is 5.91 Å². The van der Waals surface area contributed by atoms with E-state index in [2.05, 4.69) is 10.4 Å². The quantitative estimate of drug-likeness (QED) is 0.756. The summed E-state index contributed by atoms with van der Waals surface area (Å²) in [5.74, 6) is -1.92. The third kappa shape index (κ3) is 3.80. The van der Waals surface area contributed by atoms with E-state index < -0.39 is 23.2 Å². The molecule has 31 heavy (non-hydrogen) atoms. The second-order valence-electron chi connectivity index (χ2n) is 8.26. The van der Waals surface area contributed by atoms with Gasteiger partial charge in [0.15, 0.2) is 5.69 Å². The van der Waals surface area contributed by atoms with Gasteiger partial charge in [0.05, 0.1) is 13.7 Å². The van der Waals surface area contributed by atoms with Crippen molar-refractivity contribution in [3.8, 4) is 0 Å². The van der Waals surface area contributed by atoms with Crippen LogP contribution in [-0.2, 0) is 16.1 Å². The first kappa shape index (κ1) is 21.0. The van der Waals surface area contributed by atoms with E-state index in [1.807, 2.05) is 0 Å². The van der Waals surface area contributed by atoms with Crippen molar-refractivity contribution in [3.05, 3.63) is 47.5 Å². The van der Waals surface area contributed by atoms with E-state index in [1.54, 1.807) is 6.92 Å². The Morgan fingerprint density at radius 3 is 2.52 bits per heavy atom. The minimum Gasteiger partial charge on any atom is -0.464 e. The van der Waals surface area contributed by atoms with E-state index in [9.17, 15) is 18.8 Å². The molecule has 2 aromatic rings. The molecule has 1 aromatic heterocycles. The van der Waals surface area contributed by atoms with Crippen LogP contribution in [0.15, 0.2) is 30.3 Å². The molecule has 2 heterocycles. The molecule has 0 saturated heterocycles. The molecule has 0 radical (unpaired) electrons. The largest absolute Gasteiger partial charge is 0.464 e. The fourth-order valence-electron chi connectivity index (χ4n) is 4.37. The molecule has 1 aromatic carbocycles. The minimum absolute atomic E-state index is 0.0122. The molecule has 1 unspecified atom stereocenters. The maximum Gasteiger partial charge on any atom is 0.358 e. The molecular weight excluding hydrogens is 403 g/mol. The van der Waals surface area contributed by atoms with Crippen LogP contribution in [-0.4, -0.2) is 46.3 Å². The summed E-state index contributed by atoms with van der Waals surface area (Å²) < 4.78 is 19.6. The number of benzene rings is 1. The molecule has 1 atom stereocenters. The van der Waals surface area contributed by atoms with Crippen molar-refractivity contribution in [2.75, 3.05) is 12.0 Å². The van der Waals surface area contributed by atoms with Crippen LogP contribution < -0.4 is 10.2 Å². The maximum atomic E-state index is 13.5. The van der Waals surface area contributed by atoms with Gasteiger partial charge in [-0.1, -0.05) is 19.3 Å². The first-order chi connectivity index (χ1) is 14.8. The van der Waals surface area contributed by atoms with Gasteiger partial charge in [0.2, 0.25) is 5.91 Å². The number of nitrogens with one attached hydrogen (secondary N) is 1. The molecule has 1 fully saturated rings. The maximum absolute atomic E-state index is 13.5. The van der Waals surface area contributed by atoms with Gasteiger partial charge in [-0.25, -0.2) is 9.18 Å². The van der Waals surface area contributed by atoms with Gasteiger partial charge in [-0.05, 0) is 44.0 Å². The van der Waals surface area contributed by atoms with E-state index in [1.165, 1.54) is 47.0 Å². The lowest BCUT2D eigenvalue weighted by Crippen LogP contribution is -2.65. The van der Waals surface area contributed by atoms with E-state index in [4.69, 9.17) is 4.74 Å². The summed E-state index contributed by atoms with van der Waals surface area (Å²) in [6.45, 7) is 1.70. The molecular formula is C22H25FN4O4. The lowest BCUT2D eigenvalue weighted by molar-refractivity contribution is -0.127. The van der Waals surface area contributed by atoms with Crippen LogP contribution in [0.25, 0.3) is 0 Å². The van der Waals surface area contributed by atoms with Gasteiger partial charge in [-0.2, -0.15) is 5.10 Å². The SMILES string of the molecule is COC(=O)c1cc2n(n1)CC(C)(C(=O)NC1CCCCC1)N(c1ccc(F)cc1)C2=O. The molecule has 1 saturated carbocycles. The number of amides is 2. The number of methoxy groups -OCH3 is 1. The van der Waals surface area contributed by atoms with Crippen LogP contribution >= 0.6 is 0 Å². The Bertz CT molecular complexity index is 1010. The molecule has 0 bridgehead atoms. The predicted octanol–water partition coefficient (Wildman–Crippen LogP) is 2.68. The third-order valence-corrected chi connectivity index (χ3v) is 6.06. The van der Waals surface area contributed by atoms with Gasteiger partial charge in [-0.15, -0.1) is 0 Å². The van der Waals surface area contributed by atoms with Gasteiger partial charge < -0.3 is 10.1 Å². The smallest absolute Gasteiger partial charge is 0.358 e. The fourth-order valence-corrected chi connectivity index (χ4v) is 4.37. The van der Waals surface area contributed by atoms with Crippen LogP contribution in [0, 0.1) is 5.82 Å². The van der Waals surface area contributed by atoms with E-state index in [0.29, 0.717) is 5.69 Å². The predicted molar refractivity (Wildman–Crippen MR) is 110 cm³/mol. The summed E-state index contributed by atoms with van der Waals surface area (Å²) in [4.78, 5) is 40.3. The summed E-state index contributed by atoms with van der Waals surface area (Å²) in [5, 5.41) is 7.29. The Kier molecular flexibility index (Phi) is 5.51. The summed E-state index contributed by atoms with van der Waals surface area (Å²) in [6.07, 6.45) is 5.04. The summed E-state index contributed by atoms with van der Waals surface area (Å²) in [6, 6.07) is 6.82. The van der Waals surface area contributed by atoms with Crippen molar-refractivity contribution in [2.24, 2.45) is 0 Å². The fraction of sp³-hybridized carbons (Fsp3) is 0.455. The van der Waals surface area contributed by atoms with Crippen LogP contribution in [0.2, 0.25) is 0 Å². The Balaban J connectivity index is 1.75. The number of rotatable bonds is 4. The number of nitrogens with zero attached hydrogens (tertiary/aromatic N) is 3. The molecule has 0 spiro atoms. The van der Waals surface area contributed by atoms with Crippen molar-refractivity contribution < 1.29 is 23.5 Å². The topological polar surface area (TPSA) is 93.5 Å². The number of fused-ring (bicyclic) bond motifs is 1. The average Bonchev–Trinajstić information content (AvgIpc) is 3.19. The first-order valence-electron chi connectivity index (χ1n) is 10.4. The Morgan fingerprint density at radius 2 is 1.87 bits per heavy atom. The molecule has 2 amide bonds. The van der Waals surface area contributed by atoms with Crippen LogP contribution in [0.4, 0.5) is 10.1 Å². The second kappa shape index (κ2) is 8.13.